The first-order valence-electron chi connectivity index (χ1n) is 7.49. The van der Waals surface area contributed by atoms with E-state index in [9.17, 15) is 9.90 Å². The van der Waals surface area contributed by atoms with Gasteiger partial charge in [0, 0.05) is 25.2 Å². The molecule has 120 valence electrons. The molecule has 0 aliphatic heterocycles. The van der Waals surface area contributed by atoms with Crippen LogP contribution in [-0.4, -0.2) is 54.6 Å². The number of hydrogen-bond donors (Lipinski definition) is 1. The smallest absolute Gasteiger partial charge is 0.246 e. The van der Waals surface area contributed by atoms with Crippen LogP contribution in [0.5, 0.6) is 11.5 Å². The van der Waals surface area contributed by atoms with E-state index in [1.807, 2.05) is 36.0 Å². The zero-order chi connectivity index (χ0) is 16.1. The number of methoxy groups -OCH3 is 1. The first-order valence-corrected chi connectivity index (χ1v) is 7.49. The molecule has 0 heterocycles. The number of phenols is 1. The van der Waals surface area contributed by atoms with E-state index < -0.39 is 0 Å². The summed E-state index contributed by atoms with van der Waals surface area (Å²) in [6, 6.07) is 5.54. The molecule has 0 spiro atoms. The first-order chi connectivity index (χ1) is 10.5. The third kappa shape index (κ3) is 4.49. The van der Waals surface area contributed by atoms with Gasteiger partial charge < -0.3 is 19.6 Å². The van der Waals surface area contributed by atoms with Crippen molar-refractivity contribution in [2.24, 2.45) is 0 Å². The largest absolute Gasteiger partial charge is 0.504 e. The van der Waals surface area contributed by atoms with E-state index in [2.05, 4.69) is 0 Å². The number of ether oxygens (including phenoxy) is 1. The molecule has 5 nitrogen and oxygen atoms in total. The number of carbonyl (C=O) groups excluding carboxylic acids is 1. The zero-order valence-corrected chi connectivity index (χ0v) is 13.5. The van der Waals surface area contributed by atoms with Crippen LogP contribution in [0.15, 0.2) is 30.4 Å². The highest BCUT2D eigenvalue weighted by molar-refractivity contribution is 5.88. The molecule has 1 aliphatic carbocycles. The Morgan fingerprint density at radius 3 is 2.73 bits per heavy atom. The van der Waals surface area contributed by atoms with E-state index in [4.69, 9.17) is 4.74 Å². The minimum atomic E-state index is 0.0383. The summed E-state index contributed by atoms with van der Waals surface area (Å²) < 4.78 is 5.12. The summed E-state index contributed by atoms with van der Waals surface area (Å²) >= 11 is 0. The van der Waals surface area contributed by atoms with Crippen LogP contribution < -0.4 is 4.74 Å². The monoisotopic (exact) mass is 304 g/mol. The summed E-state index contributed by atoms with van der Waals surface area (Å²) in [5.74, 6) is 0.585. The molecule has 1 aliphatic rings. The Kier molecular flexibility index (Phi) is 5.44. The average molecular weight is 304 g/mol. The average Bonchev–Trinajstić information content (AvgIpc) is 3.30. The molecule has 0 atom stereocenters. The van der Waals surface area contributed by atoms with Gasteiger partial charge in [-0.3, -0.25) is 4.79 Å². The summed E-state index contributed by atoms with van der Waals surface area (Å²) in [5, 5.41) is 9.65. The van der Waals surface area contributed by atoms with Crippen molar-refractivity contribution < 1.29 is 14.6 Å². The molecule has 0 unspecified atom stereocenters. The van der Waals surface area contributed by atoms with Crippen molar-refractivity contribution in [2.45, 2.75) is 25.4 Å². The van der Waals surface area contributed by atoms with Gasteiger partial charge in [-0.15, -0.1) is 0 Å². The second-order valence-corrected chi connectivity index (χ2v) is 5.87. The maximum atomic E-state index is 12.4. The molecule has 0 saturated heterocycles. The number of nitrogens with zero attached hydrogens (tertiary/aromatic N) is 2. The standard InChI is InChI=1S/C17H24N2O3/c1-18(2)10-4-5-17(21)19(14-7-8-14)12-13-6-9-15(20)16(11-13)22-3/h4-6,9,11,14,20H,7-8,10,12H2,1-3H3/b5-4+. The van der Waals surface area contributed by atoms with Crippen LogP contribution in [0.2, 0.25) is 0 Å². The van der Waals surface area contributed by atoms with Gasteiger partial charge in [-0.1, -0.05) is 12.1 Å². The lowest BCUT2D eigenvalue weighted by Gasteiger charge is -2.21. The Morgan fingerprint density at radius 1 is 1.41 bits per heavy atom. The maximum Gasteiger partial charge on any atom is 0.246 e. The third-order valence-electron chi connectivity index (χ3n) is 3.60. The fourth-order valence-corrected chi connectivity index (χ4v) is 2.25. The second-order valence-electron chi connectivity index (χ2n) is 5.87. The van der Waals surface area contributed by atoms with Crippen molar-refractivity contribution in [3.05, 3.63) is 35.9 Å². The number of hydrogen-bond acceptors (Lipinski definition) is 4. The molecule has 1 N–H and O–H groups in total. The van der Waals surface area contributed by atoms with Gasteiger partial charge in [-0.05, 0) is 44.6 Å². The Labute approximate surface area is 131 Å². The number of amides is 1. The van der Waals surface area contributed by atoms with Gasteiger partial charge in [-0.25, -0.2) is 0 Å². The molecule has 1 saturated carbocycles. The van der Waals surface area contributed by atoms with Crippen molar-refractivity contribution in [3.8, 4) is 11.5 Å². The Hall–Kier alpha value is -2.01. The van der Waals surface area contributed by atoms with Crippen LogP contribution >= 0.6 is 0 Å². The summed E-state index contributed by atoms with van der Waals surface area (Å²) in [6.07, 6.45) is 5.65. The highest BCUT2D eigenvalue weighted by Crippen LogP contribution is 2.31. The van der Waals surface area contributed by atoms with Crippen molar-refractivity contribution in [1.82, 2.24) is 9.80 Å². The van der Waals surface area contributed by atoms with Gasteiger partial charge in [0.2, 0.25) is 5.91 Å². The summed E-state index contributed by atoms with van der Waals surface area (Å²) in [7, 11) is 5.46. The lowest BCUT2D eigenvalue weighted by atomic mass is 10.2. The number of likely N-dealkylation sites (N-methyl/N-ethyl adjacent to an activating group) is 1. The summed E-state index contributed by atoms with van der Waals surface area (Å²) in [4.78, 5) is 16.3. The number of rotatable bonds is 7. The fourth-order valence-electron chi connectivity index (χ4n) is 2.25. The van der Waals surface area contributed by atoms with Crippen LogP contribution in [0.25, 0.3) is 0 Å². The second kappa shape index (κ2) is 7.31. The van der Waals surface area contributed by atoms with Crippen LogP contribution in [0, 0.1) is 0 Å². The summed E-state index contributed by atoms with van der Waals surface area (Å²) in [6.45, 7) is 1.28. The van der Waals surface area contributed by atoms with Crippen LogP contribution in [0.1, 0.15) is 18.4 Å². The number of aromatic hydroxyl groups is 1. The van der Waals surface area contributed by atoms with Gasteiger partial charge in [0.25, 0.3) is 0 Å². The number of phenolic OH excluding ortho intramolecular Hbond substituents is 1. The molecular formula is C17H24N2O3. The van der Waals surface area contributed by atoms with Crippen molar-refractivity contribution in [3.63, 3.8) is 0 Å². The molecule has 0 bridgehead atoms. The van der Waals surface area contributed by atoms with Gasteiger partial charge in [0.1, 0.15) is 0 Å². The number of benzene rings is 1. The van der Waals surface area contributed by atoms with Gasteiger partial charge in [-0.2, -0.15) is 0 Å². The molecule has 1 fully saturated rings. The predicted molar refractivity (Wildman–Crippen MR) is 85.9 cm³/mol. The van der Waals surface area contributed by atoms with Crippen molar-refractivity contribution >= 4 is 5.91 Å². The van der Waals surface area contributed by atoms with Crippen LogP contribution in [-0.2, 0) is 11.3 Å². The molecular weight excluding hydrogens is 280 g/mol. The molecule has 22 heavy (non-hydrogen) atoms. The minimum Gasteiger partial charge on any atom is -0.504 e. The molecule has 0 aromatic heterocycles. The Balaban J connectivity index is 2.06. The SMILES string of the molecule is COc1cc(CN(C(=O)/C=C/CN(C)C)C2CC2)ccc1O. The maximum absolute atomic E-state index is 12.4. The van der Waals surface area contributed by atoms with Gasteiger partial charge >= 0.3 is 0 Å². The normalized spacial score (nSPS) is 14.5. The van der Waals surface area contributed by atoms with E-state index in [-0.39, 0.29) is 11.7 Å². The van der Waals surface area contributed by atoms with Gasteiger partial charge in [0.15, 0.2) is 11.5 Å². The van der Waals surface area contributed by atoms with Crippen LogP contribution in [0.3, 0.4) is 0 Å². The molecule has 1 aromatic carbocycles. The molecule has 0 radical (unpaired) electrons. The predicted octanol–water partition coefficient (Wildman–Crippen LogP) is 2.01. The summed E-state index contributed by atoms with van der Waals surface area (Å²) in [5.41, 5.74) is 0.955. The molecule has 1 aromatic rings. The zero-order valence-electron chi connectivity index (χ0n) is 13.5. The lowest BCUT2D eigenvalue weighted by molar-refractivity contribution is -0.127. The fraction of sp³-hybridized carbons (Fsp3) is 0.471. The third-order valence-corrected chi connectivity index (χ3v) is 3.60. The van der Waals surface area contributed by atoms with E-state index in [1.54, 1.807) is 18.2 Å². The minimum absolute atomic E-state index is 0.0383. The molecule has 2 rings (SSSR count). The highest BCUT2D eigenvalue weighted by atomic mass is 16.5. The van der Waals surface area contributed by atoms with Gasteiger partial charge in [0.05, 0.1) is 7.11 Å². The van der Waals surface area contributed by atoms with Crippen LogP contribution in [0.4, 0.5) is 0 Å². The molecule has 5 heteroatoms. The lowest BCUT2D eigenvalue weighted by Crippen LogP contribution is -2.31. The Bertz CT molecular complexity index is 551. The van der Waals surface area contributed by atoms with E-state index in [1.165, 1.54) is 7.11 Å². The quantitative estimate of drug-likeness (QED) is 0.783. The number of carbonyl (C=O) groups is 1. The topological polar surface area (TPSA) is 53.0 Å². The van der Waals surface area contributed by atoms with E-state index in [0.717, 1.165) is 24.9 Å². The van der Waals surface area contributed by atoms with E-state index in [0.29, 0.717) is 18.3 Å². The first kappa shape index (κ1) is 16.4. The molecule has 1 amide bonds. The Morgan fingerprint density at radius 2 is 2.14 bits per heavy atom. The highest BCUT2D eigenvalue weighted by Gasteiger charge is 2.31. The van der Waals surface area contributed by atoms with E-state index >= 15 is 0 Å². The van der Waals surface area contributed by atoms with Crippen molar-refractivity contribution in [2.75, 3.05) is 27.7 Å². The van der Waals surface area contributed by atoms with Crippen molar-refractivity contribution in [1.29, 1.82) is 0 Å².